The van der Waals surface area contributed by atoms with Crippen molar-refractivity contribution in [2.24, 2.45) is 5.92 Å². The third kappa shape index (κ3) is 3.90. The van der Waals surface area contributed by atoms with Gasteiger partial charge in [0.25, 0.3) is 5.56 Å². The van der Waals surface area contributed by atoms with Gasteiger partial charge in [0.05, 0.1) is 28.1 Å². The van der Waals surface area contributed by atoms with Gasteiger partial charge in [-0.15, -0.1) is 0 Å². The van der Waals surface area contributed by atoms with Crippen molar-refractivity contribution in [3.05, 3.63) is 44.7 Å². The average molecular weight is 459 g/mol. The number of nitrogen functional groups attached to an aromatic ring is 2. The third-order valence-corrected chi connectivity index (χ3v) is 5.75. The van der Waals surface area contributed by atoms with E-state index < -0.39 is 23.5 Å². The van der Waals surface area contributed by atoms with Crippen LogP contribution in [0.15, 0.2) is 16.9 Å². The number of fused-ring (bicyclic) bond motifs is 1. The van der Waals surface area contributed by atoms with E-state index in [0.29, 0.717) is 18.7 Å². The Balaban J connectivity index is 1.83. The number of aliphatic hydroxyl groups excluding tert-OH is 1. The summed E-state index contributed by atoms with van der Waals surface area (Å²) in [6.45, 7) is 2.00. The first-order valence-electron chi connectivity index (χ1n) is 9.85. The third-order valence-electron chi connectivity index (χ3n) is 5.46. The quantitative estimate of drug-likeness (QED) is 0.446. The minimum atomic E-state index is -0.642. The Morgan fingerprint density at radius 3 is 2.75 bits per heavy atom. The first-order valence-corrected chi connectivity index (χ1v) is 10.2. The lowest BCUT2D eigenvalue weighted by Gasteiger charge is -2.33. The molecule has 1 aliphatic rings. The number of benzene rings is 1. The molecule has 12 heteroatoms. The van der Waals surface area contributed by atoms with Crippen LogP contribution in [0.2, 0.25) is 5.02 Å². The van der Waals surface area contributed by atoms with Crippen molar-refractivity contribution >= 4 is 40.1 Å². The van der Waals surface area contributed by atoms with Gasteiger partial charge in [0.15, 0.2) is 5.82 Å². The predicted molar refractivity (Wildman–Crippen MR) is 117 cm³/mol. The SMILES string of the molecule is C[C@H](Nc1nc(N)nc(N)c1C#N)c1nc2c(Cl)cc(F)cc2c(=O)n1CC1CC(O)C1. The molecule has 3 aromatic rings. The topological polar surface area (TPSA) is 169 Å². The molecule has 1 saturated carbocycles. The summed E-state index contributed by atoms with van der Waals surface area (Å²) in [5.41, 5.74) is 11.1. The van der Waals surface area contributed by atoms with E-state index in [2.05, 4.69) is 20.3 Å². The summed E-state index contributed by atoms with van der Waals surface area (Å²) < 4.78 is 15.4. The van der Waals surface area contributed by atoms with E-state index >= 15 is 0 Å². The summed E-state index contributed by atoms with van der Waals surface area (Å²) in [4.78, 5) is 25.7. The number of rotatable bonds is 5. The number of aromatic nitrogens is 4. The van der Waals surface area contributed by atoms with Gasteiger partial charge in [-0.2, -0.15) is 15.2 Å². The van der Waals surface area contributed by atoms with Gasteiger partial charge >= 0.3 is 0 Å². The first-order chi connectivity index (χ1) is 15.2. The van der Waals surface area contributed by atoms with Crippen LogP contribution in [0.4, 0.5) is 22.0 Å². The Hall–Kier alpha value is -3.49. The molecule has 1 atom stereocenters. The van der Waals surface area contributed by atoms with Crippen LogP contribution in [0.25, 0.3) is 10.9 Å². The van der Waals surface area contributed by atoms with Gasteiger partial charge in [-0.1, -0.05) is 11.6 Å². The zero-order chi connectivity index (χ0) is 23.2. The number of nitrogens with two attached hydrogens (primary N) is 2. The second-order valence-corrected chi connectivity index (χ2v) is 8.24. The van der Waals surface area contributed by atoms with E-state index in [4.69, 9.17) is 23.1 Å². The number of hydrogen-bond acceptors (Lipinski definition) is 9. The van der Waals surface area contributed by atoms with Gasteiger partial charge in [0, 0.05) is 6.54 Å². The summed E-state index contributed by atoms with van der Waals surface area (Å²) in [5, 5.41) is 22.1. The average Bonchev–Trinajstić information content (AvgIpc) is 2.68. The van der Waals surface area contributed by atoms with Crippen LogP contribution in [0.1, 0.15) is 37.2 Å². The second-order valence-electron chi connectivity index (χ2n) is 7.83. The number of halogens is 2. The van der Waals surface area contributed by atoms with Gasteiger partial charge in [-0.3, -0.25) is 9.36 Å². The highest BCUT2D eigenvalue weighted by Crippen LogP contribution is 2.31. The van der Waals surface area contributed by atoms with E-state index in [1.165, 1.54) is 4.57 Å². The molecule has 0 saturated heterocycles. The summed E-state index contributed by atoms with van der Waals surface area (Å²) in [7, 11) is 0. The Morgan fingerprint density at radius 2 is 2.09 bits per heavy atom. The Morgan fingerprint density at radius 1 is 1.38 bits per heavy atom. The van der Waals surface area contributed by atoms with Crippen LogP contribution >= 0.6 is 11.6 Å². The highest BCUT2D eigenvalue weighted by atomic mass is 35.5. The van der Waals surface area contributed by atoms with E-state index in [1.807, 2.05) is 6.07 Å². The van der Waals surface area contributed by atoms with E-state index in [0.717, 1.165) is 12.1 Å². The van der Waals surface area contributed by atoms with Crippen molar-refractivity contribution in [2.45, 2.75) is 38.5 Å². The van der Waals surface area contributed by atoms with Crippen molar-refractivity contribution in [2.75, 3.05) is 16.8 Å². The fourth-order valence-corrected chi connectivity index (χ4v) is 4.11. The maximum atomic E-state index is 13.9. The normalized spacial score (nSPS) is 18.7. The lowest BCUT2D eigenvalue weighted by atomic mass is 9.82. The van der Waals surface area contributed by atoms with Crippen LogP contribution in [-0.4, -0.2) is 30.7 Å². The van der Waals surface area contributed by atoms with Crippen LogP contribution in [-0.2, 0) is 6.54 Å². The molecule has 1 fully saturated rings. The van der Waals surface area contributed by atoms with E-state index in [-0.39, 0.29) is 51.5 Å². The van der Waals surface area contributed by atoms with Crippen LogP contribution in [0, 0.1) is 23.1 Å². The van der Waals surface area contributed by atoms with Crippen molar-refractivity contribution < 1.29 is 9.50 Å². The number of anilines is 3. The van der Waals surface area contributed by atoms with Crippen LogP contribution in [0.5, 0.6) is 0 Å². The Bertz CT molecular complexity index is 1320. The summed E-state index contributed by atoms with van der Waals surface area (Å²) in [6, 6.07) is 3.48. The number of nitriles is 1. The number of hydrogen-bond donors (Lipinski definition) is 4. The molecule has 1 aromatic carbocycles. The molecule has 0 bridgehead atoms. The van der Waals surface area contributed by atoms with Crippen LogP contribution < -0.4 is 22.3 Å². The fraction of sp³-hybridized carbons (Fsp3) is 0.350. The predicted octanol–water partition coefficient (Wildman–Crippen LogP) is 1.96. The fourth-order valence-electron chi connectivity index (χ4n) is 3.86. The van der Waals surface area contributed by atoms with Gasteiger partial charge in [-0.05, 0) is 37.8 Å². The maximum absolute atomic E-state index is 13.9. The summed E-state index contributed by atoms with van der Waals surface area (Å²) >= 11 is 6.18. The number of nitrogens with zero attached hydrogens (tertiary/aromatic N) is 5. The molecule has 0 amide bonds. The van der Waals surface area contributed by atoms with Crippen LogP contribution in [0.3, 0.4) is 0 Å². The molecule has 0 radical (unpaired) electrons. The first kappa shape index (κ1) is 21.7. The molecule has 0 spiro atoms. The van der Waals surface area contributed by atoms with Crippen molar-refractivity contribution in [3.8, 4) is 6.07 Å². The monoisotopic (exact) mass is 458 g/mol. The van der Waals surface area contributed by atoms with E-state index in [1.54, 1.807) is 6.92 Å². The molecular weight excluding hydrogens is 439 g/mol. The van der Waals surface area contributed by atoms with Gasteiger partial charge in [-0.25, -0.2) is 9.37 Å². The molecule has 2 aromatic heterocycles. The Labute approximate surface area is 186 Å². The highest BCUT2D eigenvalue weighted by Gasteiger charge is 2.30. The van der Waals surface area contributed by atoms with Gasteiger partial charge in [0.1, 0.15) is 29.1 Å². The molecule has 6 N–H and O–H groups in total. The molecule has 32 heavy (non-hydrogen) atoms. The summed E-state index contributed by atoms with van der Waals surface area (Å²) in [6.07, 6.45) is 0.695. The van der Waals surface area contributed by atoms with E-state index in [9.17, 15) is 19.6 Å². The maximum Gasteiger partial charge on any atom is 0.261 e. The minimum absolute atomic E-state index is 0.00274. The second kappa shape index (κ2) is 8.22. The smallest absolute Gasteiger partial charge is 0.261 e. The molecule has 1 aliphatic carbocycles. The largest absolute Gasteiger partial charge is 0.393 e. The number of nitrogens with one attached hydrogen (secondary N) is 1. The lowest BCUT2D eigenvalue weighted by Crippen LogP contribution is -2.37. The van der Waals surface area contributed by atoms with Crippen molar-refractivity contribution in [3.63, 3.8) is 0 Å². The molecular formula is C20H20ClFN8O2. The lowest BCUT2D eigenvalue weighted by molar-refractivity contribution is 0.0342. The van der Waals surface area contributed by atoms with Gasteiger partial charge < -0.3 is 21.9 Å². The molecule has 10 nitrogen and oxygen atoms in total. The molecule has 0 aliphatic heterocycles. The minimum Gasteiger partial charge on any atom is -0.393 e. The molecule has 166 valence electrons. The summed E-state index contributed by atoms with van der Waals surface area (Å²) in [5.74, 6) is -0.386. The number of aliphatic hydroxyl groups is 1. The zero-order valence-corrected chi connectivity index (χ0v) is 17.8. The highest BCUT2D eigenvalue weighted by molar-refractivity contribution is 6.35. The molecule has 4 rings (SSSR count). The molecule has 0 unspecified atom stereocenters. The van der Waals surface area contributed by atoms with Gasteiger partial charge in [0.2, 0.25) is 5.95 Å². The van der Waals surface area contributed by atoms with Crippen molar-refractivity contribution in [1.29, 1.82) is 5.26 Å². The molecule has 2 heterocycles. The zero-order valence-electron chi connectivity index (χ0n) is 17.0. The van der Waals surface area contributed by atoms with Crippen molar-refractivity contribution in [1.82, 2.24) is 19.5 Å². The standard InChI is InChI=1S/C20H20ClFN8O2/c1-8(26-17-13(6-23)16(24)28-20(25)29-17)18-27-15-12(4-10(22)5-14(15)21)19(32)30(18)7-9-2-11(31)3-9/h4-5,8-9,11,31H,2-3,7H2,1H3,(H5,24,25,26,28,29)/t8-,9?,11?/m0/s1. The Kier molecular flexibility index (Phi) is 5.58.